The van der Waals surface area contributed by atoms with Crippen molar-refractivity contribution in [3.05, 3.63) is 35.6 Å². The number of carboxylic acid groups (broad SMARTS) is 1. The first kappa shape index (κ1) is 16.5. The van der Waals surface area contributed by atoms with E-state index >= 15 is 0 Å². The molecule has 0 aliphatic carbocycles. The molecule has 2 rings (SSSR count). The molecule has 1 unspecified atom stereocenters. The van der Waals surface area contributed by atoms with Gasteiger partial charge < -0.3 is 10.0 Å². The van der Waals surface area contributed by atoms with E-state index < -0.39 is 17.7 Å². The third-order valence-corrected chi connectivity index (χ3v) is 4.15. The number of aliphatic carboxylic acids is 1. The second-order valence-electron chi connectivity index (χ2n) is 5.82. The van der Waals surface area contributed by atoms with E-state index in [4.69, 9.17) is 5.11 Å². The highest BCUT2D eigenvalue weighted by atomic mass is 19.1. The van der Waals surface area contributed by atoms with Crippen molar-refractivity contribution in [2.75, 3.05) is 13.1 Å². The third kappa shape index (κ3) is 4.55. The molecule has 0 bridgehead atoms. The Bertz CT molecular complexity index is 524. The summed E-state index contributed by atoms with van der Waals surface area (Å²) in [4.78, 5) is 25.3. The van der Waals surface area contributed by atoms with Crippen LogP contribution in [-0.4, -0.2) is 35.0 Å². The van der Waals surface area contributed by atoms with Gasteiger partial charge in [-0.05, 0) is 24.5 Å². The number of amides is 1. The van der Waals surface area contributed by atoms with Crippen LogP contribution in [0.25, 0.3) is 0 Å². The predicted molar refractivity (Wildman–Crippen MR) is 81.1 cm³/mol. The van der Waals surface area contributed by atoms with Gasteiger partial charge >= 0.3 is 5.97 Å². The average molecular weight is 307 g/mol. The summed E-state index contributed by atoms with van der Waals surface area (Å²) in [6, 6.07) is 6.11. The molecule has 4 nitrogen and oxygen atoms in total. The van der Waals surface area contributed by atoms with Crippen LogP contribution in [0.15, 0.2) is 24.3 Å². The predicted octanol–water partition coefficient (Wildman–Crippen LogP) is 3.18. The van der Waals surface area contributed by atoms with Crippen molar-refractivity contribution in [2.45, 2.75) is 44.4 Å². The summed E-state index contributed by atoms with van der Waals surface area (Å²) >= 11 is 0. The average Bonchev–Trinajstić information content (AvgIpc) is 2.75. The molecule has 1 aliphatic heterocycles. The Hall–Kier alpha value is -1.91. The van der Waals surface area contributed by atoms with Crippen LogP contribution >= 0.6 is 0 Å². The molecule has 1 heterocycles. The first-order chi connectivity index (χ1) is 10.6. The van der Waals surface area contributed by atoms with Gasteiger partial charge in [0.15, 0.2) is 0 Å². The molecule has 1 aromatic carbocycles. The number of hydrogen-bond acceptors (Lipinski definition) is 2. The van der Waals surface area contributed by atoms with E-state index in [-0.39, 0.29) is 18.7 Å². The Labute approximate surface area is 129 Å². The van der Waals surface area contributed by atoms with E-state index in [0.717, 1.165) is 38.8 Å². The van der Waals surface area contributed by atoms with E-state index in [2.05, 4.69) is 0 Å². The maximum Gasteiger partial charge on any atom is 0.303 e. The monoisotopic (exact) mass is 307 g/mol. The van der Waals surface area contributed by atoms with Crippen LogP contribution in [0.3, 0.4) is 0 Å². The van der Waals surface area contributed by atoms with E-state index in [9.17, 15) is 14.0 Å². The van der Waals surface area contributed by atoms with Crippen LogP contribution in [-0.2, 0) is 9.59 Å². The second-order valence-corrected chi connectivity index (χ2v) is 5.82. The number of hydrogen-bond donors (Lipinski definition) is 1. The molecule has 0 saturated carbocycles. The summed E-state index contributed by atoms with van der Waals surface area (Å²) in [6.07, 6.45) is 4.02. The smallest absolute Gasteiger partial charge is 0.303 e. The van der Waals surface area contributed by atoms with Crippen LogP contribution in [0.2, 0.25) is 0 Å². The Balaban J connectivity index is 2.10. The lowest BCUT2D eigenvalue weighted by Gasteiger charge is -2.23. The lowest BCUT2D eigenvalue weighted by molar-refractivity contribution is -0.138. The summed E-state index contributed by atoms with van der Waals surface area (Å²) < 4.78 is 13.9. The Morgan fingerprint density at radius 1 is 1.09 bits per heavy atom. The molecule has 1 aliphatic rings. The maximum atomic E-state index is 13.9. The topological polar surface area (TPSA) is 57.6 Å². The van der Waals surface area contributed by atoms with Crippen LogP contribution in [0.5, 0.6) is 0 Å². The van der Waals surface area contributed by atoms with Crippen LogP contribution in [0.1, 0.15) is 50.0 Å². The van der Waals surface area contributed by atoms with Crippen LogP contribution < -0.4 is 0 Å². The minimum absolute atomic E-state index is 0.0488. The van der Waals surface area contributed by atoms with Gasteiger partial charge in [-0.25, -0.2) is 4.39 Å². The molecule has 120 valence electrons. The molecule has 1 fully saturated rings. The quantitative estimate of drug-likeness (QED) is 0.909. The number of nitrogens with zero attached hydrogens (tertiary/aromatic N) is 1. The maximum absolute atomic E-state index is 13.9. The van der Waals surface area contributed by atoms with Crippen LogP contribution in [0, 0.1) is 5.82 Å². The standard InChI is InChI=1S/C17H22FNO3/c18-15-8-4-3-7-14(15)13(12-17(21)22)11-16(20)19-9-5-1-2-6-10-19/h3-4,7-8,13H,1-2,5-6,9-12H2,(H,21,22). The molecule has 1 amide bonds. The van der Waals surface area contributed by atoms with Crippen molar-refractivity contribution >= 4 is 11.9 Å². The van der Waals surface area contributed by atoms with Gasteiger partial charge in [0.2, 0.25) is 5.91 Å². The molecule has 5 heteroatoms. The van der Waals surface area contributed by atoms with E-state index in [1.807, 2.05) is 0 Å². The highest BCUT2D eigenvalue weighted by Gasteiger charge is 2.25. The fourth-order valence-corrected chi connectivity index (χ4v) is 2.97. The van der Waals surface area contributed by atoms with E-state index in [0.29, 0.717) is 5.56 Å². The zero-order valence-corrected chi connectivity index (χ0v) is 12.6. The highest BCUT2D eigenvalue weighted by Crippen LogP contribution is 2.27. The number of rotatable bonds is 5. The zero-order valence-electron chi connectivity index (χ0n) is 12.6. The molecule has 1 N–H and O–H groups in total. The van der Waals surface area contributed by atoms with E-state index in [1.54, 1.807) is 23.1 Å². The zero-order chi connectivity index (χ0) is 15.9. The summed E-state index contributed by atoms with van der Waals surface area (Å²) in [6.45, 7) is 1.44. The molecular weight excluding hydrogens is 285 g/mol. The first-order valence-corrected chi connectivity index (χ1v) is 7.82. The molecular formula is C17H22FNO3. The SMILES string of the molecule is O=C(O)CC(CC(=O)N1CCCCCC1)c1ccccc1F. The van der Waals surface area contributed by atoms with Gasteiger partial charge in [-0.2, -0.15) is 0 Å². The number of carbonyl (C=O) groups excluding carboxylic acids is 1. The fourth-order valence-electron chi connectivity index (χ4n) is 2.97. The second kappa shape index (κ2) is 7.92. The summed E-state index contributed by atoms with van der Waals surface area (Å²) in [7, 11) is 0. The summed E-state index contributed by atoms with van der Waals surface area (Å²) in [5.41, 5.74) is 0.313. The molecule has 0 radical (unpaired) electrons. The Morgan fingerprint density at radius 3 is 2.32 bits per heavy atom. The Kier molecular flexibility index (Phi) is 5.92. The number of halogens is 1. The number of benzene rings is 1. The van der Waals surface area contributed by atoms with Crippen molar-refractivity contribution in [1.82, 2.24) is 4.90 Å². The van der Waals surface area contributed by atoms with Gasteiger partial charge in [-0.1, -0.05) is 31.0 Å². The van der Waals surface area contributed by atoms with Gasteiger partial charge in [0.05, 0.1) is 6.42 Å². The van der Waals surface area contributed by atoms with Crippen LogP contribution in [0.4, 0.5) is 4.39 Å². The van der Waals surface area contributed by atoms with Crippen molar-refractivity contribution in [2.24, 2.45) is 0 Å². The largest absolute Gasteiger partial charge is 0.481 e. The molecule has 1 atom stereocenters. The molecule has 22 heavy (non-hydrogen) atoms. The van der Waals surface area contributed by atoms with Gasteiger partial charge in [0, 0.05) is 25.4 Å². The minimum Gasteiger partial charge on any atom is -0.481 e. The number of carbonyl (C=O) groups is 2. The van der Waals surface area contributed by atoms with Crippen molar-refractivity contribution in [1.29, 1.82) is 0 Å². The number of carboxylic acids is 1. The fraction of sp³-hybridized carbons (Fsp3) is 0.529. The summed E-state index contributed by atoms with van der Waals surface area (Å²) in [5, 5.41) is 9.06. The molecule has 0 spiro atoms. The lowest BCUT2D eigenvalue weighted by Crippen LogP contribution is -2.33. The van der Waals surface area contributed by atoms with Gasteiger partial charge in [0.1, 0.15) is 5.82 Å². The lowest BCUT2D eigenvalue weighted by atomic mass is 9.91. The first-order valence-electron chi connectivity index (χ1n) is 7.82. The van der Waals surface area contributed by atoms with E-state index in [1.165, 1.54) is 6.07 Å². The molecule has 1 saturated heterocycles. The highest BCUT2D eigenvalue weighted by molar-refractivity contribution is 5.78. The molecule has 1 aromatic rings. The van der Waals surface area contributed by atoms with Crippen molar-refractivity contribution < 1.29 is 19.1 Å². The molecule has 0 aromatic heterocycles. The number of likely N-dealkylation sites (tertiary alicyclic amines) is 1. The Morgan fingerprint density at radius 2 is 1.73 bits per heavy atom. The van der Waals surface area contributed by atoms with Crippen molar-refractivity contribution in [3.8, 4) is 0 Å². The van der Waals surface area contributed by atoms with Gasteiger partial charge in [0.25, 0.3) is 0 Å². The minimum atomic E-state index is -1.02. The third-order valence-electron chi connectivity index (χ3n) is 4.15. The van der Waals surface area contributed by atoms with Gasteiger partial charge in [-0.15, -0.1) is 0 Å². The normalized spacial score (nSPS) is 16.9. The van der Waals surface area contributed by atoms with Crippen molar-refractivity contribution in [3.63, 3.8) is 0 Å². The summed E-state index contributed by atoms with van der Waals surface area (Å²) in [5.74, 6) is -2.15. The van der Waals surface area contributed by atoms with Gasteiger partial charge in [-0.3, -0.25) is 9.59 Å².